The van der Waals surface area contributed by atoms with Gasteiger partial charge in [-0.2, -0.15) is 0 Å². The molecule has 2 aromatic carbocycles. The fourth-order valence-electron chi connectivity index (χ4n) is 3.46. The highest BCUT2D eigenvalue weighted by Gasteiger charge is 2.28. The number of rotatable bonds is 8. The molecule has 0 spiro atoms. The van der Waals surface area contributed by atoms with Crippen molar-refractivity contribution in [1.82, 2.24) is 10.2 Å². The fourth-order valence-corrected chi connectivity index (χ4v) is 4.83. The third-order valence-electron chi connectivity index (χ3n) is 5.10. The first-order valence-electron chi connectivity index (χ1n) is 9.95. The van der Waals surface area contributed by atoms with Gasteiger partial charge in [-0.05, 0) is 42.7 Å². The number of hydrogen-bond donors (Lipinski definition) is 1. The lowest BCUT2D eigenvalue weighted by molar-refractivity contribution is -0.135. The third-order valence-corrected chi connectivity index (χ3v) is 7.09. The SMILES string of the molecule is O=C(CCS(=O)(=O)c1ccc(Cl)cc1)NC(Cc1ccccc1)C(=O)N1CCCC1. The molecule has 1 saturated heterocycles. The number of benzene rings is 2. The molecule has 0 bridgehead atoms. The molecule has 6 nitrogen and oxygen atoms in total. The van der Waals surface area contributed by atoms with E-state index in [9.17, 15) is 18.0 Å². The second kappa shape index (κ2) is 10.1. The second-order valence-electron chi connectivity index (χ2n) is 7.37. The topological polar surface area (TPSA) is 83.5 Å². The Labute approximate surface area is 182 Å². The highest BCUT2D eigenvalue weighted by atomic mass is 35.5. The standard InChI is InChI=1S/C22H25ClN2O4S/c23-18-8-10-19(11-9-18)30(28,29)15-12-21(26)24-20(16-17-6-2-1-3-7-17)22(27)25-13-4-5-14-25/h1-3,6-11,20H,4-5,12-16H2,(H,24,26). The Kier molecular flexibility index (Phi) is 7.50. The highest BCUT2D eigenvalue weighted by Crippen LogP contribution is 2.16. The maximum absolute atomic E-state index is 12.9. The average Bonchev–Trinajstić information content (AvgIpc) is 3.27. The molecular weight excluding hydrogens is 424 g/mol. The van der Waals surface area contributed by atoms with Gasteiger partial charge in [0.15, 0.2) is 9.84 Å². The van der Waals surface area contributed by atoms with Crippen molar-refractivity contribution in [2.24, 2.45) is 0 Å². The van der Waals surface area contributed by atoms with Crippen LogP contribution in [0.4, 0.5) is 0 Å². The van der Waals surface area contributed by atoms with Crippen LogP contribution in [0, 0.1) is 0 Å². The summed E-state index contributed by atoms with van der Waals surface area (Å²) in [5, 5.41) is 3.20. The third kappa shape index (κ3) is 6.06. The van der Waals surface area contributed by atoms with Crippen molar-refractivity contribution in [2.75, 3.05) is 18.8 Å². The van der Waals surface area contributed by atoms with Crippen LogP contribution in [0.1, 0.15) is 24.8 Å². The summed E-state index contributed by atoms with van der Waals surface area (Å²) in [4.78, 5) is 27.3. The van der Waals surface area contributed by atoms with Crippen molar-refractivity contribution >= 4 is 33.3 Å². The Hall–Kier alpha value is -2.38. The van der Waals surface area contributed by atoms with E-state index in [1.807, 2.05) is 30.3 Å². The molecule has 0 saturated carbocycles. The number of hydrogen-bond acceptors (Lipinski definition) is 4. The summed E-state index contributed by atoms with van der Waals surface area (Å²) < 4.78 is 24.9. The van der Waals surface area contributed by atoms with E-state index in [0.717, 1.165) is 18.4 Å². The summed E-state index contributed by atoms with van der Waals surface area (Å²) in [6, 6.07) is 14.6. The number of halogens is 1. The monoisotopic (exact) mass is 448 g/mol. The molecule has 3 rings (SSSR count). The minimum Gasteiger partial charge on any atom is -0.344 e. The normalized spacial score (nSPS) is 15.0. The van der Waals surface area contributed by atoms with Gasteiger partial charge in [0.1, 0.15) is 6.04 Å². The summed E-state index contributed by atoms with van der Waals surface area (Å²) in [6.07, 6.45) is 2.06. The number of carbonyl (C=O) groups is 2. The van der Waals surface area contributed by atoms with E-state index >= 15 is 0 Å². The molecule has 1 fully saturated rings. The lowest BCUT2D eigenvalue weighted by Crippen LogP contribution is -2.49. The van der Waals surface area contributed by atoms with Crippen LogP contribution in [0.2, 0.25) is 5.02 Å². The van der Waals surface area contributed by atoms with Crippen LogP contribution in [-0.4, -0.2) is 50.0 Å². The molecule has 0 aromatic heterocycles. The van der Waals surface area contributed by atoms with Crippen molar-refractivity contribution < 1.29 is 18.0 Å². The number of nitrogens with zero attached hydrogens (tertiary/aromatic N) is 1. The van der Waals surface area contributed by atoms with Gasteiger partial charge in [-0.3, -0.25) is 9.59 Å². The zero-order valence-electron chi connectivity index (χ0n) is 16.6. The molecule has 1 unspecified atom stereocenters. The predicted molar refractivity (Wildman–Crippen MR) is 116 cm³/mol. The lowest BCUT2D eigenvalue weighted by atomic mass is 10.0. The first kappa shape index (κ1) is 22.3. The van der Waals surface area contributed by atoms with Gasteiger partial charge in [0.25, 0.3) is 0 Å². The molecule has 160 valence electrons. The van der Waals surface area contributed by atoms with Crippen molar-refractivity contribution in [3.05, 3.63) is 65.2 Å². The highest BCUT2D eigenvalue weighted by molar-refractivity contribution is 7.91. The Morgan fingerprint density at radius 1 is 1.00 bits per heavy atom. The first-order chi connectivity index (χ1) is 14.3. The molecule has 1 aliphatic rings. The fraction of sp³-hybridized carbons (Fsp3) is 0.364. The molecule has 2 amide bonds. The van der Waals surface area contributed by atoms with Crippen molar-refractivity contribution in [1.29, 1.82) is 0 Å². The van der Waals surface area contributed by atoms with Crippen molar-refractivity contribution in [3.63, 3.8) is 0 Å². The summed E-state index contributed by atoms with van der Waals surface area (Å²) >= 11 is 5.80. The number of likely N-dealkylation sites (tertiary alicyclic amines) is 1. The van der Waals surface area contributed by atoms with Crippen LogP contribution >= 0.6 is 11.6 Å². The van der Waals surface area contributed by atoms with Crippen LogP contribution in [0.5, 0.6) is 0 Å². The molecule has 1 aliphatic heterocycles. The van der Waals surface area contributed by atoms with Gasteiger partial charge in [0.05, 0.1) is 10.6 Å². The number of sulfone groups is 1. The van der Waals surface area contributed by atoms with Crippen molar-refractivity contribution in [2.45, 2.75) is 36.6 Å². The van der Waals surface area contributed by atoms with Gasteiger partial charge in [0, 0.05) is 31.0 Å². The van der Waals surface area contributed by atoms with E-state index in [2.05, 4.69) is 5.32 Å². The first-order valence-corrected chi connectivity index (χ1v) is 12.0. The predicted octanol–water partition coefficient (Wildman–Crippen LogP) is 2.85. The minimum absolute atomic E-state index is 0.119. The van der Waals surface area contributed by atoms with E-state index in [1.54, 1.807) is 4.90 Å². The Morgan fingerprint density at radius 3 is 2.27 bits per heavy atom. The second-order valence-corrected chi connectivity index (χ2v) is 9.91. The van der Waals surface area contributed by atoms with Gasteiger partial charge in [-0.15, -0.1) is 0 Å². The summed E-state index contributed by atoms with van der Waals surface area (Å²) in [5.74, 6) is -0.914. The number of amides is 2. The quantitative estimate of drug-likeness (QED) is 0.673. The smallest absolute Gasteiger partial charge is 0.245 e. The van der Waals surface area contributed by atoms with Gasteiger partial charge < -0.3 is 10.2 Å². The van der Waals surface area contributed by atoms with Crippen LogP contribution in [0.25, 0.3) is 0 Å². The summed E-state index contributed by atoms with van der Waals surface area (Å²) in [7, 11) is -3.62. The van der Waals surface area contributed by atoms with E-state index in [4.69, 9.17) is 11.6 Å². The van der Waals surface area contributed by atoms with Crippen LogP contribution in [-0.2, 0) is 25.8 Å². The molecular formula is C22H25ClN2O4S. The maximum atomic E-state index is 12.9. The molecule has 0 aliphatic carbocycles. The minimum atomic E-state index is -3.62. The largest absolute Gasteiger partial charge is 0.344 e. The zero-order chi connectivity index (χ0) is 21.6. The molecule has 30 heavy (non-hydrogen) atoms. The van der Waals surface area contributed by atoms with E-state index in [0.29, 0.717) is 24.5 Å². The van der Waals surface area contributed by atoms with Gasteiger partial charge in [-0.25, -0.2) is 8.42 Å². The van der Waals surface area contributed by atoms with Gasteiger partial charge >= 0.3 is 0 Å². The number of carbonyl (C=O) groups excluding carboxylic acids is 2. The van der Waals surface area contributed by atoms with E-state index < -0.39 is 21.8 Å². The molecule has 2 aromatic rings. The van der Waals surface area contributed by atoms with Gasteiger partial charge in [0.2, 0.25) is 11.8 Å². The van der Waals surface area contributed by atoms with Gasteiger partial charge in [-0.1, -0.05) is 41.9 Å². The maximum Gasteiger partial charge on any atom is 0.245 e. The Balaban J connectivity index is 1.64. The van der Waals surface area contributed by atoms with Crippen LogP contribution in [0.3, 0.4) is 0 Å². The molecule has 8 heteroatoms. The van der Waals surface area contributed by atoms with Crippen molar-refractivity contribution in [3.8, 4) is 0 Å². The van der Waals surface area contributed by atoms with E-state index in [1.165, 1.54) is 24.3 Å². The van der Waals surface area contributed by atoms with Crippen LogP contribution in [0.15, 0.2) is 59.5 Å². The summed E-state index contributed by atoms with van der Waals surface area (Å²) in [6.45, 7) is 1.37. The lowest BCUT2D eigenvalue weighted by Gasteiger charge is -2.24. The van der Waals surface area contributed by atoms with Crippen LogP contribution < -0.4 is 5.32 Å². The Bertz CT molecular complexity index is 972. The molecule has 0 radical (unpaired) electrons. The Morgan fingerprint density at radius 2 is 1.63 bits per heavy atom. The zero-order valence-corrected chi connectivity index (χ0v) is 18.2. The molecule has 1 heterocycles. The average molecular weight is 449 g/mol. The summed E-state index contributed by atoms with van der Waals surface area (Å²) in [5.41, 5.74) is 0.934. The molecule has 1 N–H and O–H groups in total. The van der Waals surface area contributed by atoms with E-state index in [-0.39, 0.29) is 23.0 Å². The molecule has 1 atom stereocenters. The number of nitrogens with one attached hydrogen (secondary N) is 1.